The molecule has 1 aromatic rings. The van der Waals surface area contributed by atoms with Gasteiger partial charge in [-0.05, 0) is 42.9 Å². The van der Waals surface area contributed by atoms with Gasteiger partial charge in [0.1, 0.15) is 5.82 Å². The highest BCUT2D eigenvalue weighted by Crippen LogP contribution is 2.33. The van der Waals surface area contributed by atoms with E-state index in [4.69, 9.17) is 0 Å². The van der Waals surface area contributed by atoms with Crippen LogP contribution < -0.4 is 5.32 Å². The molecule has 0 radical (unpaired) electrons. The first-order valence-electron chi connectivity index (χ1n) is 4.76. The first kappa shape index (κ1) is 8.54. The van der Waals surface area contributed by atoms with Crippen LogP contribution in [0.5, 0.6) is 0 Å². The zero-order valence-corrected chi connectivity index (χ0v) is 7.81. The summed E-state index contributed by atoms with van der Waals surface area (Å²) in [6, 6.07) is 5.39. The molecule has 1 aliphatic rings. The Balaban J connectivity index is 2.15. The van der Waals surface area contributed by atoms with E-state index in [1.54, 1.807) is 13.1 Å². The van der Waals surface area contributed by atoms with Gasteiger partial charge in [-0.1, -0.05) is 6.07 Å². The van der Waals surface area contributed by atoms with Crippen LogP contribution in [0.15, 0.2) is 18.2 Å². The van der Waals surface area contributed by atoms with Crippen LogP contribution in [-0.4, -0.2) is 7.05 Å². The number of anilines is 1. The Labute approximate surface area is 78.0 Å². The monoisotopic (exact) mass is 179 g/mol. The van der Waals surface area contributed by atoms with Crippen LogP contribution in [0.25, 0.3) is 0 Å². The molecule has 0 heterocycles. The van der Waals surface area contributed by atoms with Gasteiger partial charge in [-0.3, -0.25) is 0 Å². The van der Waals surface area contributed by atoms with Gasteiger partial charge in [0, 0.05) is 12.7 Å². The highest BCUT2D eigenvalue weighted by atomic mass is 19.1. The van der Waals surface area contributed by atoms with E-state index in [0.29, 0.717) is 0 Å². The van der Waals surface area contributed by atoms with E-state index in [0.717, 1.165) is 23.6 Å². The normalized spacial score (nSPS) is 15.8. The molecule has 0 aliphatic heterocycles. The zero-order valence-electron chi connectivity index (χ0n) is 7.81. The second-order valence-corrected chi connectivity index (χ2v) is 3.70. The lowest BCUT2D eigenvalue weighted by molar-refractivity contribution is 0.602. The molecule has 2 rings (SSSR count). The number of hydrogen-bond acceptors (Lipinski definition) is 1. The summed E-state index contributed by atoms with van der Waals surface area (Å²) in [5.74, 6) is 0.675. The molecule has 0 unspecified atom stereocenters. The molecule has 0 aromatic heterocycles. The summed E-state index contributed by atoms with van der Waals surface area (Å²) in [5.41, 5.74) is 1.71. The van der Waals surface area contributed by atoms with Crippen LogP contribution in [0.2, 0.25) is 0 Å². The maximum atomic E-state index is 13.4. The van der Waals surface area contributed by atoms with Crippen molar-refractivity contribution in [3.63, 3.8) is 0 Å². The Morgan fingerprint density at radius 2 is 2.23 bits per heavy atom. The predicted molar refractivity (Wildman–Crippen MR) is 52.4 cm³/mol. The summed E-state index contributed by atoms with van der Waals surface area (Å²) in [6.45, 7) is 0. The average molecular weight is 179 g/mol. The van der Waals surface area contributed by atoms with Crippen molar-refractivity contribution in [1.29, 1.82) is 0 Å². The minimum atomic E-state index is -0.0706. The number of hydrogen-bond donors (Lipinski definition) is 1. The molecule has 0 spiro atoms. The smallest absolute Gasteiger partial charge is 0.128 e. The van der Waals surface area contributed by atoms with Gasteiger partial charge in [-0.15, -0.1) is 0 Å². The molecule has 1 N–H and O–H groups in total. The lowest BCUT2D eigenvalue weighted by atomic mass is 10.1. The highest BCUT2D eigenvalue weighted by molar-refractivity contribution is 5.44. The summed E-state index contributed by atoms with van der Waals surface area (Å²) in [4.78, 5) is 0. The third kappa shape index (κ3) is 2.00. The maximum Gasteiger partial charge on any atom is 0.128 e. The second-order valence-electron chi connectivity index (χ2n) is 3.70. The van der Waals surface area contributed by atoms with E-state index in [2.05, 4.69) is 5.32 Å². The highest BCUT2D eigenvalue weighted by Gasteiger charge is 2.22. The second kappa shape index (κ2) is 3.36. The molecule has 2 heteroatoms. The quantitative estimate of drug-likeness (QED) is 0.752. The molecule has 70 valence electrons. The van der Waals surface area contributed by atoms with Crippen molar-refractivity contribution in [2.24, 2.45) is 5.92 Å². The summed E-state index contributed by atoms with van der Waals surface area (Å²) < 4.78 is 13.4. The van der Waals surface area contributed by atoms with Gasteiger partial charge in [0.15, 0.2) is 0 Å². The van der Waals surface area contributed by atoms with E-state index < -0.39 is 0 Å². The molecular formula is C11H14FN. The molecule has 1 fully saturated rings. The Morgan fingerprint density at radius 1 is 1.46 bits per heavy atom. The van der Waals surface area contributed by atoms with Crippen LogP contribution in [0.4, 0.5) is 10.1 Å². The number of halogens is 1. The third-order valence-electron chi connectivity index (χ3n) is 2.55. The zero-order chi connectivity index (χ0) is 9.26. The van der Waals surface area contributed by atoms with E-state index in [1.165, 1.54) is 12.8 Å². The fraction of sp³-hybridized carbons (Fsp3) is 0.455. The molecule has 1 saturated carbocycles. The molecule has 13 heavy (non-hydrogen) atoms. The number of benzene rings is 1. The maximum absolute atomic E-state index is 13.4. The van der Waals surface area contributed by atoms with Gasteiger partial charge in [0.05, 0.1) is 0 Å². The van der Waals surface area contributed by atoms with E-state index in [9.17, 15) is 4.39 Å². The van der Waals surface area contributed by atoms with Crippen LogP contribution in [0.3, 0.4) is 0 Å². The van der Waals surface area contributed by atoms with E-state index in [1.807, 2.05) is 12.1 Å². The fourth-order valence-electron chi connectivity index (χ4n) is 1.50. The number of rotatable bonds is 3. The van der Waals surface area contributed by atoms with Gasteiger partial charge in [0.25, 0.3) is 0 Å². The molecule has 0 saturated heterocycles. The first-order valence-corrected chi connectivity index (χ1v) is 4.76. The SMILES string of the molecule is CNc1ccc(CC2CC2)c(F)c1. The van der Waals surface area contributed by atoms with Crippen molar-refractivity contribution < 1.29 is 4.39 Å². The standard InChI is InChI=1S/C11H14FN/c1-13-10-5-4-9(11(12)7-10)6-8-2-3-8/h4-5,7-8,13H,2-3,6H2,1H3. The first-order chi connectivity index (χ1) is 6.29. The molecule has 1 aromatic carbocycles. The van der Waals surface area contributed by atoms with Crippen molar-refractivity contribution >= 4 is 5.69 Å². The molecule has 0 bridgehead atoms. The fourth-order valence-corrected chi connectivity index (χ4v) is 1.50. The summed E-state index contributed by atoms with van der Waals surface area (Å²) in [6.07, 6.45) is 3.45. The Kier molecular flexibility index (Phi) is 2.21. The molecule has 1 nitrogen and oxygen atoms in total. The van der Waals surface area contributed by atoms with Gasteiger partial charge < -0.3 is 5.32 Å². The van der Waals surface area contributed by atoms with Crippen LogP contribution in [0.1, 0.15) is 18.4 Å². The van der Waals surface area contributed by atoms with Crippen molar-refractivity contribution in [1.82, 2.24) is 0 Å². The summed E-state index contributed by atoms with van der Waals surface area (Å²) in [7, 11) is 1.80. The summed E-state index contributed by atoms with van der Waals surface area (Å²) in [5, 5.41) is 2.92. The van der Waals surface area contributed by atoms with Crippen molar-refractivity contribution in [2.45, 2.75) is 19.3 Å². The van der Waals surface area contributed by atoms with Gasteiger partial charge in [-0.25, -0.2) is 4.39 Å². The molecule has 0 amide bonds. The van der Waals surface area contributed by atoms with Crippen molar-refractivity contribution in [2.75, 3.05) is 12.4 Å². The lowest BCUT2D eigenvalue weighted by Gasteiger charge is -2.04. The molecular weight excluding hydrogens is 165 g/mol. The lowest BCUT2D eigenvalue weighted by Crippen LogP contribution is -1.95. The topological polar surface area (TPSA) is 12.0 Å². The van der Waals surface area contributed by atoms with Crippen LogP contribution in [0, 0.1) is 11.7 Å². The van der Waals surface area contributed by atoms with Gasteiger partial charge in [-0.2, -0.15) is 0 Å². The van der Waals surface area contributed by atoms with E-state index in [-0.39, 0.29) is 5.82 Å². The largest absolute Gasteiger partial charge is 0.388 e. The van der Waals surface area contributed by atoms with Gasteiger partial charge in [0.2, 0.25) is 0 Å². The Hall–Kier alpha value is -1.05. The average Bonchev–Trinajstić information content (AvgIpc) is 2.92. The van der Waals surface area contributed by atoms with Gasteiger partial charge >= 0.3 is 0 Å². The minimum absolute atomic E-state index is 0.0706. The Morgan fingerprint density at radius 3 is 2.77 bits per heavy atom. The minimum Gasteiger partial charge on any atom is -0.388 e. The van der Waals surface area contributed by atoms with Crippen molar-refractivity contribution in [3.8, 4) is 0 Å². The van der Waals surface area contributed by atoms with Crippen molar-refractivity contribution in [3.05, 3.63) is 29.6 Å². The number of nitrogens with one attached hydrogen (secondary N) is 1. The molecule has 1 aliphatic carbocycles. The predicted octanol–water partition coefficient (Wildman–Crippen LogP) is 2.82. The van der Waals surface area contributed by atoms with Crippen LogP contribution >= 0.6 is 0 Å². The van der Waals surface area contributed by atoms with E-state index >= 15 is 0 Å². The molecule has 0 atom stereocenters. The summed E-state index contributed by atoms with van der Waals surface area (Å²) >= 11 is 0. The van der Waals surface area contributed by atoms with Crippen LogP contribution in [-0.2, 0) is 6.42 Å². The Bertz CT molecular complexity index is 305. The third-order valence-corrected chi connectivity index (χ3v) is 2.55.